The van der Waals surface area contributed by atoms with E-state index in [9.17, 15) is 15.3 Å². The van der Waals surface area contributed by atoms with E-state index in [-0.39, 0.29) is 20.8 Å². The molecule has 2 aliphatic heterocycles. The third-order valence-electron chi connectivity index (χ3n) is 1.58. The van der Waals surface area contributed by atoms with Gasteiger partial charge in [-0.05, 0) is 12.3 Å². The Kier molecular flexibility index (Phi) is 1.38. The van der Waals surface area contributed by atoms with Gasteiger partial charge in [-0.1, -0.05) is 0 Å². The molecule has 0 aromatic heterocycles. The van der Waals surface area contributed by atoms with Crippen molar-refractivity contribution in [2.75, 3.05) is 0 Å². The molecule has 0 unspecified atom stereocenters. The summed E-state index contributed by atoms with van der Waals surface area (Å²) in [5.74, 6) is 0. The molecule has 13 heavy (non-hydrogen) atoms. The van der Waals surface area contributed by atoms with Gasteiger partial charge in [0.25, 0.3) is 11.9 Å². The average molecular weight is 180 g/mol. The van der Waals surface area contributed by atoms with Gasteiger partial charge in [0, 0.05) is 10.9 Å². The van der Waals surface area contributed by atoms with Crippen LogP contribution in [-0.2, 0) is 0 Å². The molecule has 0 radical (unpaired) electrons. The second-order valence-corrected chi connectivity index (χ2v) is 2.40. The molecule has 0 N–H and O–H groups in total. The quantitative estimate of drug-likeness (QED) is 0.379. The van der Waals surface area contributed by atoms with Crippen LogP contribution in [0.1, 0.15) is 0 Å². The highest BCUT2D eigenvalue weighted by Crippen LogP contribution is 2.11. The maximum absolute atomic E-state index is 11.1. The zero-order valence-corrected chi connectivity index (χ0v) is 6.32. The lowest BCUT2D eigenvalue weighted by molar-refractivity contribution is -0.798. The lowest BCUT2D eigenvalue weighted by atomic mass is 10.3. The van der Waals surface area contributed by atoms with Gasteiger partial charge in [-0.25, -0.2) is 0 Å². The molecule has 0 fully saturated rings. The lowest BCUT2D eigenvalue weighted by Crippen LogP contribution is -2.45. The molecule has 0 amide bonds. The van der Waals surface area contributed by atoms with Crippen LogP contribution in [0.25, 0.3) is 11.4 Å². The van der Waals surface area contributed by atoms with Crippen molar-refractivity contribution in [3.8, 4) is 11.4 Å². The molecule has 2 rings (SSSR count). The molecule has 2 aliphatic rings. The maximum Gasteiger partial charge on any atom is 0.341 e. The highest BCUT2D eigenvalue weighted by molar-refractivity contribution is 5.49. The Balaban J connectivity index is 2.92. The number of aromatic nitrogens is 4. The van der Waals surface area contributed by atoms with Gasteiger partial charge in [0.05, 0.1) is 4.91 Å². The summed E-state index contributed by atoms with van der Waals surface area (Å²) >= 11 is 0. The fourth-order valence-corrected chi connectivity index (χ4v) is 1.03. The molecule has 2 heterocycles. The summed E-state index contributed by atoms with van der Waals surface area (Å²) in [6.45, 7) is 0. The topological polar surface area (TPSA) is 90.8 Å². The molecule has 0 aromatic carbocycles. The molecule has 0 saturated carbocycles. The summed E-state index contributed by atoms with van der Waals surface area (Å²) in [5.41, 5.74) is 0.0482. The summed E-state index contributed by atoms with van der Waals surface area (Å²) in [6, 6.07) is 2.81. The van der Waals surface area contributed by atoms with Crippen molar-refractivity contribution in [3.05, 3.63) is 39.8 Å². The fraction of sp³-hybridized carbons (Fsp3) is 0. The third-order valence-corrected chi connectivity index (χ3v) is 1.58. The Labute approximate surface area is 71.6 Å². The molecule has 7 heteroatoms. The van der Waals surface area contributed by atoms with Crippen molar-refractivity contribution in [1.82, 2.24) is 9.94 Å². The molecule has 0 bridgehead atoms. The van der Waals surface area contributed by atoms with Crippen LogP contribution in [-0.4, -0.2) is 9.94 Å². The molecule has 0 aromatic rings. The van der Waals surface area contributed by atoms with Gasteiger partial charge in [0.2, 0.25) is 4.54 Å². The highest BCUT2D eigenvalue weighted by Gasteiger charge is 2.20. The molecule has 7 nitrogen and oxygen atoms in total. The molecule has 0 spiro atoms. The third kappa shape index (κ3) is 1.06. The molecule has 0 atom stereocenters. The van der Waals surface area contributed by atoms with E-state index in [2.05, 4.69) is 5.21 Å². The van der Waals surface area contributed by atoms with Crippen molar-refractivity contribution in [2.24, 2.45) is 0 Å². The van der Waals surface area contributed by atoms with Crippen molar-refractivity contribution in [1.29, 1.82) is 0 Å². The zero-order chi connectivity index (χ0) is 9.42. The Bertz CT molecular complexity index is 480. The largest absolute Gasteiger partial charge is 0.805 e. The number of hydrogen-bond acceptors (Lipinski definition) is 4. The van der Waals surface area contributed by atoms with E-state index in [0.717, 1.165) is 6.20 Å². The minimum Gasteiger partial charge on any atom is -0.805 e. The van der Waals surface area contributed by atoms with Crippen LogP contribution in [0.3, 0.4) is 0 Å². The van der Waals surface area contributed by atoms with Crippen LogP contribution in [0.15, 0.2) is 24.5 Å². The first-order chi connectivity index (χ1) is 6.18. The monoisotopic (exact) mass is 180 g/mol. The summed E-state index contributed by atoms with van der Waals surface area (Å²) in [7, 11) is 0. The van der Waals surface area contributed by atoms with Crippen LogP contribution >= 0.6 is 0 Å². The standard InChI is InChI=1S/C6H4N4O3/c11-8-3-1-2-5-6(8)4-9(12)7-10(5)13/h1-4H. The summed E-state index contributed by atoms with van der Waals surface area (Å²) in [4.78, 5) is 10.8. The molecule has 0 aliphatic carbocycles. The van der Waals surface area contributed by atoms with Crippen LogP contribution in [0.4, 0.5) is 0 Å². The minimum absolute atomic E-state index is 0.0116. The van der Waals surface area contributed by atoms with E-state index in [4.69, 9.17) is 0 Å². The Hall–Kier alpha value is -2.18. The van der Waals surface area contributed by atoms with Crippen LogP contribution in [0, 0.1) is 15.3 Å². The van der Waals surface area contributed by atoms with Crippen molar-refractivity contribution >= 4 is 0 Å². The highest BCUT2D eigenvalue weighted by atomic mass is 16.5. The molecular weight excluding hydrogens is 176 g/mol. The summed E-state index contributed by atoms with van der Waals surface area (Å²) in [5, 5.41) is 25.1. The van der Waals surface area contributed by atoms with Crippen molar-refractivity contribution in [3.63, 3.8) is 0 Å². The Morgan fingerprint density at radius 3 is 3.08 bits per heavy atom. The molecule has 66 valence electrons. The van der Waals surface area contributed by atoms with E-state index < -0.39 is 0 Å². The van der Waals surface area contributed by atoms with Gasteiger partial charge < -0.3 is 15.1 Å². The van der Waals surface area contributed by atoms with Crippen molar-refractivity contribution < 1.29 is 9.39 Å². The number of fused-ring (bicyclic) bond motifs is 1. The fourth-order valence-electron chi connectivity index (χ4n) is 1.03. The van der Waals surface area contributed by atoms with E-state index >= 15 is 0 Å². The van der Waals surface area contributed by atoms with Gasteiger partial charge >= 0.3 is 5.21 Å². The smallest absolute Gasteiger partial charge is 0.341 e. The van der Waals surface area contributed by atoms with Gasteiger partial charge in [-0.15, -0.1) is 0 Å². The van der Waals surface area contributed by atoms with E-state index in [1.807, 2.05) is 0 Å². The van der Waals surface area contributed by atoms with Crippen LogP contribution in [0.2, 0.25) is 0 Å². The Morgan fingerprint density at radius 2 is 2.31 bits per heavy atom. The van der Waals surface area contributed by atoms with Crippen molar-refractivity contribution in [2.45, 2.75) is 0 Å². The number of pyridine rings is 1. The molecule has 0 saturated heterocycles. The van der Waals surface area contributed by atoms with Crippen LogP contribution in [0.5, 0.6) is 0 Å². The zero-order valence-electron chi connectivity index (χ0n) is 6.32. The van der Waals surface area contributed by atoms with Gasteiger partial charge in [0.1, 0.15) is 0 Å². The number of hydrogen-bond donors (Lipinski definition) is 0. The first-order valence-corrected chi connectivity index (χ1v) is 3.41. The van der Waals surface area contributed by atoms with Crippen LogP contribution < -0.4 is 9.39 Å². The number of nitrogens with zero attached hydrogens (tertiary/aromatic N) is 4. The minimum atomic E-state index is -0.0116. The summed E-state index contributed by atoms with van der Waals surface area (Å²) < 4.78 is 0.476. The molecular formula is C6H4N4O3. The first kappa shape index (κ1) is 7.47. The van der Waals surface area contributed by atoms with Gasteiger partial charge in [-0.2, -0.15) is 0 Å². The van der Waals surface area contributed by atoms with Gasteiger partial charge in [0.15, 0.2) is 5.69 Å². The second kappa shape index (κ2) is 2.41. The number of rotatable bonds is 0. The average Bonchev–Trinajstić information content (AvgIpc) is 2.07. The Morgan fingerprint density at radius 1 is 1.54 bits per heavy atom. The predicted molar refractivity (Wildman–Crippen MR) is 39.9 cm³/mol. The normalized spacial score (nSPS) is 10.5. The SMILES string of the molecule is O=[n+]1cc2n([O-])cccc-2[n+]([O-])n1. The lowest BCUT2D eigenvalue weighted by Gasteiger charge is -2.12. The van der Waals surface area contributed by atoms with E-state index in [1.54, 1.807) is 0 Å². The first-order valence-electron chi connectivity index (χ1n) is 3.41. The van der Waals surface area contributed by atoms with Gasteiger partial charge in [-0.3, -0.25) is 0 Å². The maximum atomic E-state index is 11.1. The second-order valence-electron chi connectivity index (χ2n) is 2.40. The predicted octanol–water partition coefficient (Wildman–Crippen LogP) is -1.12. The summed E-state index contributed by atoms with van der Waals surface area (Å²) in [6.07, 6.45) is 2.14. The van der Waals surface area contributed by atoms with E-state index in [0.29, 0.717) is 4.73 Å². The van der Waals surface area contributed by atoms with E-state index in [1.165, 1.54) is 18.3 Å².